The number of carbonyl (C=O) groups excluding carboxylic acids is 1. The Morgan fingerprint density at radius 1 is 0.815 bits per heavy atom. The average molecular weight is 393 g/mol. The van der Waals surface area contributed by atoms with Crippen LogP contribution in [0.3, 0.4) is 0 Å². The topological polar surface area (TPSA) is 63.2 Å². The highest BCUT2D eigenvalue weighted by Crippen LogP contribution is 2.30. The number of nitrogens with one attached hydrogen (secondary N) is 1. The SMILES string of the molecule is O=C(Nc1ccccc1S(=O)(=O)c1ccccc1)c1cc2ccccc2s1. The molecule has 0 spiro atoms. The number of sulfone groups is 1. The van der Waals surface area contributed by atoms with Crippen LogP contribution < -0.4 is 5.32 Å². The first-order chi connectivity index (χ1) is 13.1. The van der Waals surface area contributed by atoms with E-state index in [1.165, 1.54) is 17.4 Å². The van der Waals surface area contributed by atoms with Gasteiger partial charge in [0.1, 0.15) is 0 Å². The van der Waals surface area contributed by atoms with Gasteiger partial charge < -0.3 is 5.32 Å². The summed E-state index contributed by atoms with van der Waals surface area (Å²) in [4.78, 5) is 13.5. The van der Waals surface area contributed by atoms with Crippen LogP contribution in [0.5, 0.6) is 0 Å². The predicted molar refractivity (Wildman–Crippen MR) is 108 cm³/mol. The fourth-order valence-electron chi connectivity index (χ4n) is 2.81. The normalized spacial score (nSPS) is 11.4. The first kappa shape index (κ1) is 17.5. The first-order valence-electron chi connectivity index (χ1n) is 8.25. The fourth-order valence-corrected chi connectivity index (χ4v) is 5.20. The first-order valence-corrected chi connectivity index (χ1v) is 10.5. The van der Waals surface area contributed by atoms with Gasteiger partial charge >= 0.3 is 0 Å². The van der Waals surface area contributed by atoms with Crippen molar-refractivity contribution in [1.29, 1.82) is 0 Å². The second-order valence-corrected chi connectivity index (χ2v) is 8.92. The maximum atomic E-state index is 13.0. The minimum Gasteiger partial charge on any atom is -0.320 e. The van der Waals surface area contributed by atoms with Crippen molar-refractivity contribution in [3.8, 4) is 0 Å². The molecule has 4 aromatic rings. The van der Waals surface area contributed by atoms with E-state index in [4.69, 9.17) is 0 Å². The van der Waals surface area contributed by atoms with Crippen LogP contribution in [0.1, 0.15) is 9.67 Å². The Morgan fingerprint density at radius 3 is 2.26 bits per heavy atom. The summed E-state index contributed by atoms with van der Waals surface area (Å²) in [5.74, 6) is -0.327. The Kier molecular flexibility index (Phi) is 4.51. The molecular formula is C21H15NO3S2. The van der Waals surface area contributed by atoms with E-state index in [9.17, 15) is 13.2 Å². The lowest BCUT2D eigenvalue weighted by Gasteiger charge is -2.11. The number of amides is 1. The molecule has 27 heavy (non-hydrogen) atoms. The summed E-state index contributed by atoms with van der Waals surface area (Å²) in [6.07, 6.45) is 0. The lowest BCUT2D eigenvalue weighted by molar-refractivity contribution is 0.103. The molecular weight excluding hydrogens is 378 g/mol. The molecule has 1 amide bonds. The molecule has 134 valence electrons. The summed E-state index contributed by atoms with van der Waals surface area (Å²) in [5, 5.41) is 3.74. The van der Waals surface area contributed by atoms with Gasteiger partial charge in [0.05, 0.1) is 20.4 Å². The summed E-state index contributed by atoms with van der Waals surface area (Å²) in [6, 6.07) is 24.2. The smallest absolute Gasteiger partial charge is 0.265 e. The monoisotopic (exact) mass is 393 g/mol. The van der Waals surface area contributed by atoms with E-state index in [1.807, 2.05) is 30.3 Å². The molecule has 0 radical (unpaired) electrons. The largest absolute Gasteiger partial charge is 0.320 e. The van der Waals surface area contributed by atoms with Crippen molar-refractivity contribution in [3.05, 3.63) is 89.8 Å². The van der Waals surface area contributed by atoms with Gasteiger partial charge in [0, 0.05) is 4.70 Å². The van der Waals surface area contributed by atoms with Crippen molar-refractivity contribution in [2.75, 3.05) is 5.32 Å². The summed E-state index contributed by atoms with van der Waals surface area (Å²) in [6.45, 7) is 0. The van der Waals surface area contributed by atoms with E-state index in [1.54, 1.807) is 48.5 Å². The quantitative estimate of drug-likeness (QED) is 0.531. The third-order valence-corrected chi connectivity index (χ3v) is 7.07. The molecule has 1 N–H and O–H groups in total. The van der Waals surface area contributed by atoms with Gasteiger partial charge in [-0.3, -0.25) is 4.79 Å². The van der Waals surface area contributed by atoms with E-state index >= 15 is 0 Å². The van der Waals surface area contributed by atoms with Gasteiger partial charge in [0.15, 0.2) is 0 Å². The number of hydrogen-bond donors (Lipinski definition) is 1. The Morgan fingerprint density at radius 2 is 1.48 bits per heavy atom. The highest BCUT2D eigenvalue weighted by Gasteiger charge is 2.22. The van der Waals surface area contributed by atoms with Gasteiger partial charge in [-0.2, -0.15) is 0 Å². The third kappa shape index (κ3) is 3.37. The zero-order valence-corrected chi connectivity index (χ0v) is 15.8. The van der Waals surface area contributed by atoms with Gasteiger partial charge in [-0.1, -0.05) is 48.5 Å². The van der Waals surface area contributed by atoms with Crippen LogP contribution in [0.4, 0.5) is 5.69 Å². The number of thiophene rings is 1. The lowest BCUT2D eigenvalue weighted by Crippen LogP contribution is -2.14. The van der Waals surface area contributed by atoms with Crippen LogP contribution >= 0.6 is 11.3 Å². The maximum Gasteiger partial charge on any atom is 0.265 e. The molecule has 0 atom stereocenters. The summed E-state index contributed by atoms with van der Waals surface area (Å²) in [7, 11) is -3.73. The summed E-state index contributed by atoms with van der Waals surface area (Å²) < 4.78 is 26.9. The number of para-hydroxylation sites is 1. The number of hydrogen-bond acceptors (Lipinski definition) is 4. The average Bonchev–Trinajstić information content (AvgIpc) is 3.13. The van der Waals surface area contributed by atoms with Crippen LogP contribution in [0.25, 0.3) is 10.1 Å². The van der Waals surface area contributed by atoms with Crippen molar-refractivity contribution in [1.82, 2.24) is 0 Å². The van der Waals surface area contributed by atoms with E-state index in [2.05, 4.69) is 5.32 Å². The van der Waals surface area contributed by atoms with Crippen LogP contribution in [0, 0.1) is 0 Å². The number of rotatable bonds is 4. The van der Waals surface area contributed by atoms with Gasteiger partial charge in [0.25, 0.3) is 5.91 Å². The minimum absolute atomic E-state index is 0.0747. The predicted octanol–water partition coefficient (Wildman–Crippen LogP) is 4.99. The van der Waals surface area contributed by atoms with Crippen LogP contribution in [0.15, 0.2) is 94.7 Å². The standard InChI is InChI=1S/C21H15NO3S2/c23-21(19-14-15-8-4-6-12-18(15)26-19)22-17-11-5-7-13-20(17)27(24,25)16-9-2-1-3-10-16/h1-14H,(H,22,23). The number of fused-ring (bicyclic) bond motifs is 1. The molecule has 4 nitrogen and oxygen atoms in total. The maximum absolute atomic E-state index is 13.0. The van der Waals surface area contributed by atoms with E-state index < -0.39 is 9.84 Å². The minimum atomic E-state index is -3.73. The van der Waals surface area contributed by atoms with Crippen molar-refractivity contribution in [2.24, 2.45) is 0 Å². The second-order valence-electron chi connectivity index (χ2n) is 5.92. The highest BCUT2D eigenvalue weighted by molar-refractivity contribution is 7.91. The highest BCUT2D eigenvalue weighted by atomic mass is 32.2. The van der Waals surface area contributed by atoms with Crippen molar-refractivity contribution in [2.45, 2.75) is 9.79 Å². The third-order valence-electron chi connectivity index (χ3n) is 4.13. The molecule has 0 unspecified atom stereocenters. The molecule has 0 aliphatic heterocycles. The molecule has 0 aliphatic carbocycles. The molecule has 0 bridgehead atoms. The van der Waals surface area contributed by atoms with Gasteiger partial charge in [-0.05, 0) is 41.8 Å². The molecule has 0 aliphatic rings. The molecule has 6 heteroatoms. The lowest BCUT2D eigenvalue weighted by atomic mass is 10.2. The Hall–Kier alpha value is -2.96. The van der Waals surface area contributed by atoms with Gasteiger partial charge in [-0.15, -0.1) is 11.3 Å². The number of benzene rings is 3. The van der Waals surface area contributed by atoms with Crippen LogP contribution in [-0.4, -0.2) is 14.3 Å². The Bertz CT molecular complexity index is 1200. The zero-order valence-electron chi connectivity index (χ0n) is 14.1. The van der Waals surface area contributed by atoms with Crippen molar-refractivity contribution < 1.29 is 13.2 Å². The number of anilines is 1. The summed E-state index contributed by atoms with van der Waals surface area (Å²) >= 11 is 1.37. The number of carbonyl (C=O) groups is 1. The Labute approximate surface area is 161 Å². The van der Waals surface area contributed by atoms with Crippen LogP contribution in [0.2, 0.25) is 0 Å². The molecule has 0 saturated heterocycles. The molecule has 0 fully saturated rings. The fraction of sp³-hybridized carbons (Fsp3) is 0. The van der Waals surface area contributed by atoms with Crippen molar-refractivity contribution in [3.63, 3.8) is 0 Å². The molecule has 3 aromatic carbocycles. The molecule has 4 rings (SSSR count). The molecule has 0 saturated carbocycles. The van der Waals surface area contributed by atoms with Gasteiger partial charge in [0.2, 0.25) is 9.84 Å². The van der Waals surface area contributed by atoms with Crippen molar-refractivity contribution >= 4 is 42.9 Å². The van der Waals surface area contributed by atoms with E-state index in [-0.39, 0.29) is 21.4 Å². The molecule has 1 heterocycles. The van der Waals surface area contributed by atoms with Crippen LogP contribution in [-0.2, 0) is 9.84 Å². The Balaban J connectivity index is 1.70. The molecule has 1 aromatic heterocycles. The second kappa shape index (κ2) is 6.98. The van der Waals surface area contributed by atoms with E-state index in [0.717, 1.165) is 10.1 Å². The summed E-state index contributed by atoms with van der Waals surface area (Å²) in [5.41, 5.74) is 0.267. The zero-order chi connectivity index (χ0) is 18.9. The van der Waals surface area contributed by atoms with E-state index in [0.29, 0.717) is 4.88 Å². The van der Waals surface area contributed by atoms with Gasteiger partial charge in [-0.25, -0.2) is 8.42 Å².